The Balaban J connectivity index is 2.38. The third-order valence-corrected chi connectivity index (χ3v) is 3.17. The minimum atomic E-state index is -4.50. The summed E-state index contributed by atoms with van der Waals surface area (Å²) in [6.45, 7) is -1.62. The molecule has 0 heterocycles. The van der Waals surface area contributed by atoms with E-state index in [1.54, 1.807) is 42.5 Å². The van der Waals surface area contributed by atoms with E-state index in [1.165, 1.54) is 6.07 Å². The third-order valence-electron chi connectivity index (χ3n) is 3.17. The zero-order valence-electron chi connectivity index (χ0n) is 11.6. The van der Waals surface area contributed by atoms with Gasteiger partial charge in [-0.1, -0.05) is 36.4 Å². The number of alkyl halides is 3. The van der Waals surface area contributed by atoms with Crippen LogP contribution in [0.2, 0.25) is 0 Å². The number of benzene rings is 2. The van der Waals surface area contributed by atoms with Crippen LogP contribution in [0.25, 0.3) is 10.8 Å². The van der Waals surface area contributed by atoms with Crippen molar-refractivity contribution in [2.45, 2.75) is 12.6 Å². The first-order valence-electron chi connectivity index (χ1n) is 6.63. The first-order valence-corrected chi connectivity index (χ1v) is 6.63. The van der Waals surface area contributed by atoms with Crippen molar-refractivity contribution in [3.05, 3.63) is 48.0 Å². The zero-order chi connectivity index (χ0) is 16.2. The van der Waals surface area contributed by atoms with E-state index < -0.39 is 18.6 Å². The van der Waals surface area contributed by atoms with Crippen LogP contribution < -0.4 is 0 Å². The smallest absolute Gasteiger partial charge is 0.328 e. The van der Waals surface area contributed by atoms with Crippen molar-refractivity contribution >= 4 is 16.7 Å². The number of amides is 1. The van der Waals surface area contributed by atoms with Crippen molar-refractivity contribution in [3.63, 3.8) is 0 Å². The van der Waals surface area contributed by atoms with Crippen LogP contribution in [0.4, 0.5) is 13.2 Å². The van der Waals surface area contributed by atoms with Gasteiger partial charge in [0.2, 0.25) is 0 Å². The third kappa shape index (κ3) is 3.76. The van der Waals surface area contributed by atoms with Crippen molar-refractivity contribution in [1.29, 1.82) is 5.26 Å². The monoisotopic (exact) mass is 306 g/mol. The number of hydrogen-bond acceptors (Lipinski definition) is 2. The van der Waals surface area contributed by atoms with Crippen molar-refractivity contribution in [1.82, 2.24) is 4.90 Å². The molecule has 0 saturated carbocycles. The Labute approximate surface area is 125 Å². The fourth-order valence-electron chi connectivity index (χ4n) is 2.24. The number of fused-ring (bicyclic) bond motifs is 1. The second-order valence-corrected chi connectivity index (χ2v) is 4.78. The summed E-state index contributed by atoms with van der Waals surface area (Å²) < 4.78 is 37.9. The summed E-state index contributed by atoms with van der Waals surface area (Å²) in [6.07, 6.45) is -4.65. The quantitative estimate of drug-likeness (QED) is 0.863. The zero-order valence-corrected chi connectivity index (χ0v) is 11.6. The molecule has 0 atom stereocenters. The Morgan fingerprint density at radius 3 is 2.50 bits per heavy atom. The van der Waals surface area contributed by atoms with Gasteiger partial charge in [-0.25, -0.2) is 0 Å². The predicted molar refractivity (Wildman–Crippen MR) is 76.1 cm³/mol. The molecule has 6 heteroatoms. The summed E-state index contributed by atoms with van der Waals surface area (Å²) in [4.78, 5) is 13.1. The lowest BCUT2D eigenvalue weighted by atomic mass is 10.0. The van der Waals surface area contributed by atoms with Gasteiger partial charge in [0.25, 0.3) is 5.91 Å². The maximum Gasteiger partial charge on any atom is 0.406 e. The molecule has 2 aromatic carbocycles. The minimum Gasteiger partial charge on any atom is -0.328 e. The van der Waals surface area contributed by atoms with Gasteiger partial charge in [-0.15, -0.1) is 0 Å². The van der Waals surface area contributed by atoms with E-state index in [9.17, 15) is 18.0 Å². The number of carbonyl (C=O) groups is 1. The van der Waals surface area contributed by atoms with Gasteiger partial charge in [0.05, 0.1) is 12.5 Å². The lowest BCUT2D eigenvalue weighted by Crippen LogP contribution is -2.39. The van der Waals surface area contributed by atoms with Gasteiger partial charge in [-0.2, -0.15) is 18.4 Å². The van der Waals surface area contributed by atoms with Crippen molar-refractivity contribution in [3.8, 4) is 6.07 Å². The van der Waals surface area contributed by atoms with E-state index in [4.69, 9.17) is 5.26 Å². The second kappa shape index (κ2) is 6.48. The first kappa shape index (κ1) is 15.8. The molecule has 0 N–H and O–H groups in total. The highest BCUT2D eigenvalue weighted by molar-refractivity contribution is 6.07. The summed E-state index contributed by atoms with van der Waals surface area (Å²) in [5, 5.41) is 9.94. The first-order chi connectivity index (χ1) is 10.4. The summed E-state index contributed by atoms with van der Waals surface area (Å²) in [5.41, 5.74) is 0.209. The maximum atomic E-state index is 12.6. The van der Waals surface area contributed by atoms with Crippen LogP contribution in [0.1, 0.15) is 16.8 Å². The highest BCUT2D eigenvalue weighted by Crippen LogP contribution is 2.23. The van der Waals surface area contributed by atoms with Crippen LogP contribution >= 0.6 is 0 Å². The van der Waals surface area contributed by atoms with E-state index in [1.807, 2.05) is 0 Å². The van der Waals surface area contributed by atoms with Crippen LogP contribution in [-0.4, -0.2) is 30.1 Å². The number of rotatable bonds is 4. The molecule has 0 bridgehead atoms. The van der Waals surface area contributed by atoms with Crippen LogP contribution in [0, 0.1) is 11.3 Å². The Morgan fingerprint density at radius 1 is 1.14 bits per heavy atom. The molecule has 0 radical (unpaired) electrons. The topological polar surface area (TPSA) is 44.1 Å². The van der Waals surface area contributed by atoms with Crippen molar-refractivity contribution < 1.29 is 18.0 Å². The van der Waals surface area contributed by atoms with Gasteiger partial charge in [-0.05, 0) is 16.8 Å². The highest BCUT2D eigenvalue weighted by Gasteiger charge is 2.33. The molecule has 22 heavy (non-hydrogen) atoms. The Morgan fingerprint density at radius 2 is 1.82 bits per heavy atom. The summed E-state index contributed by atoms with van der Waals surface area (Å²) in [5.74, 6) is -0.718. The summed E-state index contributed by atoms with van der Waals surface area (Å²) in [6, 6.07) is 13.7. The molecule has 0 saturated heterocycles. The highest BCUT2D eigenvalue weighted by atomic mass is 19.4. The lowest BCUT2D eigenvalue weighted by molar-refractivity contribution is -0.140. The molecule has 0 aliphatic carbocycles. The largest absolute Gasteiger partial charge is 0.406 e. The van der Waals surface area contributed by atoms with Gasteiger partial charge < -0.3 is 4.90 Å². The average Bonchev–Trinajstić information content (AvgIpc) is 2.49. The molecule has 0 aromatic heterocycles. The standard InChI is InChI=1S/C16H13F3N2O/c17-16(18,19)11-21(10-4-9-20)15(22)14-8-3-6-12-5-1-2-7-13(12)14/h1-3,5-8H,4,10-11H2. The summed E-state index contributed by atoms with van der Waals surface area (Å²) in [7, 11) is 0. The van der Waals surface area contributed by atoms with Gasteiger partial charge in [0, 0.05) is 12.1 Å². The normalized spacial score (nSPS) is 11.2. The number of carbonyl (C=O) groups excluding carboxylic acids is 1. The van der Waals surface area contributed by atoms with E-state index in [-0.39, 0.29) is 18.5 Å². The van der Waals surface area contributed by atoms with E-state index in [0.29, 0.717) is 10.3 Å². The van der Waals surface area contributed by atoms with Crippen LogP contribution in [0.5, 0.6) is 0 Å². The second-order valence-electron chi connectivity index (χ2n) is 4.78. The molecule has 114 valence electrons. The summed E-state index contributed by atoms with van der Waals surface area (Å²) >= 11 is 0. The Bertz CT molecular complexity index is 714. The molecular weight excluding hydrogens is 293 g/mol. The predicted octanol–water partition coefficient (Wildman–Crippen LogP) is 3.76. The number of nitrogens with zero attached hydrogens (tertiary/aromatic N) is 2. The molecule has 0 aliphatic heterocycles. The van der Waals surface area contributed by atoms with Gasteiger partial charge in [0.15, 0.2) is 0 Å². The fraction of sp³-hybridized carbons (Fsp3) is 0.250. The molecule has 3 nitrogen and oxygen atoms in total. The van der Waals surface area contributed by atoms with Crippen molar-refractivity contribution in [2.75, 3.05) is 13.1 Å². The SMILES string of the molecule is N#CCCN(CC(F)(F)F)C(=O)c1cccc2ccccc12. The van der Waals surface area contributed by atoms with Crippen LogP contribution in [0.15, 0.2) is 42.5 Å². The number of hydrogen-bond donors (Lipinski definition) is 0. The molecule has 1 amide bonds. The van der Waals surface area contributed by atoms with Gasteiger partial charge in [0.1, 0.15) is 6.54 Å². The molecule has 0 fully saturated rings. The number of halogens is 3. The number of nitriles is 1. The Hall–Kier alpha value is -2.55. The molecule has 0 aliphatic rings. The van der Waals surface area contributed by atoms with Crippen molar-refractivity contribution in [2.24, 2.45) is 0 Å². The van der Waals surface area contributed by atoms with E-state index in [2.05, 4.69) is 0 Å². The average molecular weight is 306 g/mol. The molecule has 0 spiro atoms. The molecule has 2 rings (SSSR count). The fourth-order valence-corrected chi connectivity index (χ4v) is 2.24. The Kier molecular flexibility index (Phi) is 4.66. The van der Waals surface area contributed by atoms with Gasteiger partial charge >= 0.3 is 6.18 Å². The van der Waals surface area contributed by atoms with E-state index in [0.717, 1.165) is 5.39 Å². The molecule has 0 unspecified atom stereocenters. The van der Waals surface area contributed by atoms with E-state index >= 15 is 0 Å². The molecular formula is C16H13F3N2O. The van der Waals surface area contributed by atoms with Crippen LogP contribution in [0.3, 0.4) is 0 Å². The van der Waals surface area contributed by atoms with Gasteiger partial charge in [-0.3, -0.25) is 4.79 Å². The lowest BCUT2D eigenvalue weighted by Gasteiger charge is -2.23. The maximum absolute atomic E-state index is 12.6. The molecule has 2 aromatic rings. The van der Waals surface area contributed by atoms with Crippen LogP contribution in [-0.2, 0) is 0 Å². The minimum absolute atomic E-state index is 0.146.